The Labute approximate surface area is 117 Å². The number of carboxylic acids is 1. The minimum Gasteiger partial charge on any atom is -0.481 e. The van der Waals surface area contributed by atoms with Crippen LogP contribution in [0, 0.1) is 0 Å². The lowest BCUT2D eigenvalue weighted by Gasteiger charge is -2.23. The first-order valence-electron chi connectivity index (χ1n) is 5.84. The van der Waals surface area contributed by atoms with E-state index in [9.17, 15) is 13.2 Å². The first-order chi connectivity index (χ1) is 8.86. The van der Waals surface area contributed by atoms with Gasteiger partial charge in [-0.3, -0.25) is 9.10 Å². The van der Waals surface area contributed by atoms with Gasteiger partial charge in [-0.1, -0.05) is 11.6 Å². The van der Waals surface area contributed by atoms with Crippen molar-refractivity contribution >= 4 is 33.3 Å². The predicted molar refractivity (Wildman–Crippen MR) is 75.1 cm³/mol. The molecule has 0 aliphatic heterocycles. The van der Waals surface area contributed by atoms with Crippen molar-refractivity contribution in [3.8, 4) is 0 Å². The van der Waals surface area contributed by atoms with Crippen molar-refractivity contribution in [2.45, 2.75) is 19.8 Å². The number of anilines is 1. The average molecular weight is 306 g/mol. The molecule has 7 heteroatoms. The minimum absolute atomic E-state index is 0.0390. The van der Waals surface area contributed by atoms with E-state index >= 15 is 0 Å². The monoisotopic (exact) mass is 305 g/mol. The summed E-state index contributed by atoms with van der Waals surface area (Å²) in [5.74, 6) is -0.979. The normalized spacial score (nSPS) is 11.3. The summed E-state index contributed by atoms with van der Waals surface area (Å²) < 4.78 is 25.2. The Hall–Kier alpha value is -1.27. The lowest BCUT2D eigenvalue weighted by Crippen LogP contribution is -2.33. The van der Waals surface area contributed by atoms with Crippen molar-refractivity contribution in [2.75, 3.05) is 16.6 Å². The fourth-order valence-corrected chi connectivity index (χ4v) is 2.85. The van der Waals surface area contributed by atoms with E-state index in [-0.39, 0.29) is 25.1 Å². The Balaban J connectivity index is 2.93. The number of aliphatic carboxylic acids is 1. The van der Waals surface area contributed by atoms with Crippen LogP contribution in [0.3, 0.4) is 0 Å². The molecule has 0 bridgehead atoms. The van der Waals surface area contributed by atoms with Crippen LogP contribution in [0.2, 0.25) is 5.02 Å². The van der Waals surface area contributed by atoms with E-state index in [1.807, 2.05) is 0 Å². The fraction of sp³-hybridized carbons (Fsp3) is 0.417. The van der Waals surface area contributed by atoms with Crippen LogP contribution in [0.25, 0.3) is 0 Å². The van der Waals surface area contributed by atoms with E-state index in [2.05, 4.69) is 0 Å². The van der Waals surface area contributed by atoms with Gasteiger partial charge in [-0.15, -0.1) is 0 Å². The Morgan fingerprint density at radius 1 is 1.32 bits per heavy atom. The van der Waals surface area contributed by atoms with Gasteiger partial charge in [-0.25, -0.2) is 8.42 Å². The maximum atomic E-state index is 12.0. The molecule has 1 aromatic carbocycles. The molecule has 0 aliphatic rings. The zero-order valence-electron chi connectivity index (χ0n) is 10.5. The largest absolute Gasteiger partial charge is 0.481 e. The highest BCUT2D eigenvalue weighted by molar-refractivity contribution is 7.92. The third-order valence-electron chi connectivity index (χ3n) is 2.57. The van der Waals surface area contributed by atoms with Gasteiger partial charge in [0.25, 0.3) is 0 Å². The third-order valence-corrected chi connectivity index (χ3v) is 4.61. The molecule has 0 saturated carbocycles. The van der Waals surface area contributed by atoms with Crippen LogP contribution < -0.4 is 4.31 Å². The van der Waals surface area contributed by atoms with E-state index in [0.717, 1.165) is 0 Å². The van der Waals surface area contributed by atoms with Crippen molar-refractivity contribution in [2.24, 2.45) is 0 Å². The van der Waals surface area contributed by atoms with Crippen molar-refractivity contribution < 1.29 is 18.3 Å². The Kier molecular flexibility index (Phi) is 5.62. The van der Waals surface area contributed by atoms with E-state index < -0.39 is 16.0 Å². The highest BCUT2D eigenvalue weighted by Gasteiger charge is 2.20. The van der Waals surface area contributed by atoms with Gasteiger partial charge in [0.15, 0.2) is 0 Å². The number of sulfonamides is 1. The van der Waals surface area contributed by atoms with Gasteiger partial charge < -0.3 is 5.11 Å². The lowest BCUT2D eigenvalue weighted by molar-refractivity contribution is -0.137. The summed E-state index contributed by atoms with van der Waals surface area (Å²) in [6.07, 6.45) is 0.195. The Morgan fingerprint density at radius 2 is 1.89 bits per heavy atom. The second kappa shape index (κ2) is 6.77. The Bertz CT molecular complexity index is 527. The van der Waals surface area contributed by atoms with Crippen molar-refractivity contribution in [3.05, 3.63) is 29.3 Å². The quantitative estimate of drug-likeness (QED) is 0.839. The number of benzene rings is 1. The van der Waals surface area contributed by atoms with Crippen LogP contribution in [0.1, 0.15) is 19.8 Å². The van der Waals surface area contributed by atoms with Crippen molar-refractivity contribution in [1.29, 1.82) is 0 Å². The van der Waals surface area contributed by atoms with Gasteiger partial charge in [-0.2, -0.15) is 0 Å². The van der Waals surface area contributed by atoms with Crippen LogP contribution >= 0.6 is 11.6 Å². The smallest absolute Gasteiger partial charge is 0.303 e. The van der Waals surface area contributed by atoms with E-state index in [0.29, 0.717) is 10.7 Å². The first kappa shape index (κ1) is 15.8. The van der Waals surface area contributed by atoms with Crippen LogP contribution in [0.5, 0.6) is 0 Å². The summed E-state index contributed by atoms with van der Waals surface area (Å²) in [5.41, 5.74) is 0.497. The van der Waals surface area contributed by atoms with Gasteiger partial charge in [-0.05, 0) is 37.6 Å². The van der Waals surface area contributed by atoms with E-state index in [1.165, 1.54) is 4.31 Å². The number of carbonyl (C=O) groups is 1. The maximum absolute atomic E-state index is 12.0. The molecule has 0 amide bonds. The minimum atomic E-state index is -3.43. The topological polar surface area (TPSA) is 74.7 Å². The molecule has 0 unspecified atom stereocenters. The summed E-state index contributed by atoms with van der Waals surface area (Å²) in [6, 6.07) is 6.42. The predicted octanol–water partition coefficient (Wildman–Crippen LogP) is 2.36. The zero-order valence-corrected chi connectivity index (χ0v) is 12.1. The maximum Gasteiger partial charge on any atom is 0.303 e. The molecule has 0 aliphatic carbocycles. The molecule has 0 radical (unpaired) electrons. The number of hydrogen-bond acceptors (Lipinski definition) is 3. The zero-order chi connectivity index (χ0) is 14.5. The second-order valence-electron chi connectivity index (χ2n) is 3.95. The highest BCUT2D eigenvalue weighted by Crippen LogP contribution is 2.21. The fourth-order valence-electron chi connectivity index (χ4n) is 1.57. The third kappa shape index (κ3) is 4.72. The number of hydrogen-bond donors (Lipinski definition) is 1. The van der Waals surface area contributed by atoms with Gasteiger partial charge in [0.1, 0.15) is 0 Å². The van der Waals surface area contributed by atoms with Gasteiger partial charge in [0.05, 0.1) is 11.4 Å². The van der Waals surface area contributed by atoms with Crippen molar-refractivity contribution in [1.82, 2.24) is 0 Å². The van der Waals surface area contributed by atoms with Crippen molar-refractivity contribution in [3.63, 3.8) is 0 Å². The summed E-state index contributed by atoms with van der Waals surface area (Å²) in [4.78, 5) is 10.5. The van der Waals surface area contributed by atoms with Crippen LogP contribution in [0.15, 0.2) is 24.3 Å². The summed E-state index contributed by atoms with van der Waals surface area (Å²) in [6.45, 7) is 1.69. The van der Waals surface area contributed by atoms with Crippen LogP contribution in [-0.4, -0.2) is 31.8 Å². The molecule has 0 aromatic heterocycles. The molecule has 5 nitrogen and oxygen atoms in total. The molecule has 0 saturated heterocycles. The molecule has 1 aromatic rings. The first-order valence-corrected chi connectivity index (χ1v) is 7.83. The van der Waals surface area contributed by atoms with Gasteiger partial charge in [0.2, 0.25) is 10.0 Å². The lowest BCUT2D eigenvalue weighted by atomic mass is 10.3. The molecule has 106 valence electrons. The summed E-state index contributed by atoms with van der Waals surface area (Å²) in [7, 11) is -3.43. The molecular weight excluding hydrogens is 290 g/mol. The highest BCUT2D eigenvalue weighted by atomic mass is 35.5. The molecular formula is C12H16ClNO4S. The van der Waals surface area contributed by atoms with E-state index in [1.54, 1.807) is 31.2 Å². The van der Waals surface area contributed by atoms with Gasteiger partial charge >= 0.3 is 5.97 Å². The Morgan fingerprint density at radius 3 is 2.37 bits per heavy atom. The number of nitrogens with zero attached hydrogens (tertiary/aromatic N) is 1. The van der Waals surface area contributed by atoms with Crippen LogP contribution in [0.4, 0.5) is 5.69 Å². The molecule has 1 N–H and O–H groups in total. The van der Waals surface area contributed by atoms with Gasteiger partial charge in [0, 0.05) is 18.0 Å². The molecule has 0 fully saturated rings. The molecule has 1 rings (SSSR count). The number of halogens is 1. The average Bonchev–Trinajstić information content (AvgIpc) is 2.35. The second-order valence-corrected chi connectivity index (χ2v) is 6.56. The van der Waals surface area contributed by atoms with Crippen LogP contribution in [-0.2, 0) is 14.8 Å². The molecule has 0 spiro atoms. The molecule has 0 atom stereocenters. The number of carboxylic acid groups (broad SMARTS) is 1. The molecule has 19 heavy (non-hydrogen) atoms. The summed E-state index contributed by atoms with van der Waals surface area (Å²) in [5, 5.41) is 9.12. The standard InChI is InChI=1S/C12H16ClNO4S/c1-2-19(17,18)14(9-3-4-12(15)16)11-7-5-10(13)6-8-11/h5-8H,2-4,9H2,1H3,(H,15,16). The molecule has 0 heterocycles. The summed E-state index contributed by atoms with van der Waals surface area (Å²) >= 11 is 5.76. The SMILES string of the molecule is CCS(=O)(=O)N(CCCC(=O)O)c1ccc(Cl)cc1. The van der Waals surface area contributed by atoms with E-state index in [4.69, 9.17) is 16.7 Å². The number of rotatable bonds is 7.